The van der Waals surface area contributed by atoms with E-state index in [-0.39, 0.29) is 11.9 Å². The van der Waals surface area contributed by atoms with Crippen LogP contribution in [0.4, 0.5) is 0 Å². The largest absolute Gasteiger partial charge is 0.355 e. The average molecular weight is 200 g/mol. The van der Waals surface area contributed by atoms with Gasteiger partial charge in [-0.05, 0) is 26.3 Å². The van der Waals surface area contributed by atoms with Crippen molar-refractivity contribution in [2.24, 2.45) is 0 Å². The Bertz CT molecular complexity index is 148. The van der Waals surface area contributed by atoms with Gasteiger partial charge in [-0.25, -0.2) is 0 Å². The summed E-state index contributed by atoms with van der Waals surface area (Å²) in [5.74, 6) is 0.120. The summed E-state index contributed by atoms with van der Waals surface area (Å²) < 4.78 is 0. The fraction of sp³-hybridized carbons (Fsp3) is 0.909. The van der Waals surface area contributed by atoms with E-state index in [1.807, 2.05) is 6.92 Å². The Balaban J connectivity index is 3.44. The van der Waals surface area contributed by atoms with Gasteiger partial charge in [0.25, 0.3) is 0 Å². The number of hydrogen-bond acceptors (Lipinski definition) is 2. The summed E-state index contributed by atoms with van der Waals surface area (Å²) in [6.45, 7) is 7.91. The lowest BCUT2D eigenvalue weighted by molar-refractivity contribution is -0.122. The van der Waals surface area contributed by atoms with Crippen LogP contribution in [-0.2, 0) is 4.79 Å². The average Bonchev–Trinajstić information content (AvgIpc) is 2.18. The summed E-state index contributed by atoms with van der Waals surface area (Å²) in [6.07, 6.45) is 4.48. The number of carbonyl (C=O) groups excluding carboxylic acids is 1. The summed E-state index contributed by atoms with van der Waals surface area (Å²) in [5.41, 5.74) is 0. The standard InChI is InChI=1S/C11H24N2O/c1-4-6-8-12-10(3)11(14)13-9-7-5-2/h10,12H,4-9H2,1-3H3,(H,13,14). The molecular formula is C11H24N2O. The molecule has 0 fully saturated rings. The van der Waals surface area contributed by atoms with Gasteiger partial charge in [-0.2, -0.15) is 0 Å². The van der Waals surface area contributed by atoms with Crippen LogP contribution in [0.25, 0.3) is 0 Å². The second-order valence-corrected chi connectivity index (χ2v) is 3.67. The highest BCUT2D eigenvalue weighted by atomic mass is 16.2. The molecule has 0 radical (unpaired) electrons. The molecule has 0 spiro atoms. The second kappa shape index (κ2) is 9.00. The molecule has 0 rings (SSSR count). The molecule has 3 nitrogen and oxygen atoms in total. The maximum absolute atomic E-state index is 11.4. The molecule has 2 N–H and O–H groups in total. The molecule has 0 bridgehead atoms. The van der Waals surface area contributed by atoms with Gasteiger partial charge in [-0.3, -0.25) is 4.79 Å². The number of nitrogens with one attached hydrogen (secondary N) is 2. The first-order valence-corrected chi connectivity index (χ1v) is 5.73. The van der Waals surface area contributed by atoms with Gasteiger partial charge in [-0.1, -0.05) is 26.7 Å². The van der Waals surface area contributed by atoms with Crippen molar-refractivity contribution in [1.29, 1.82) is 0 Å². The van der Waals surface area contributed by atoms with Crippen LogP contribution in [0.5, 0.6) is 0 Å². The monoisotopic (exact) mass is 200 g/mol. The molecule has 14 heavy (non-hydrogen) atoms. The molecule has 0 aromatic heterocycles. The molecule has 1 unspecified atom stereocenters. The molecule has 0 saturated heterocycles. The van der Waals surface area contributed by atoms with Crippen molar-refractivity contribution >= 4 is 5.91 Å². The quantitative estimate of drug-likeness (QED) is 0.585. The SMILES string of the molecule is CCCCNC(=O)C(C)NCCCC. The lowest BCUT2D eigenvalue weighted by Gasteiger charge is -2.13. The Morgan fingerprint density at radius 2 is 1.71 bits per heavy atom. The van der Waals surface area contributed by atoms with E-state index in [0.717, 1.165) is 38.8 Å². The van der Waals surface area contributed by atoms with E-state index in [1.165, 1.54) is 0 Å². The van der Waals surface area contributed by atoms with Crippen molar-refractivity contribution < 1.29 is 4.79 Å². The smallest absolute Gasteiger partial charge is 0.236 e. The molecule has 0 aromatic carbocycles. The minimum Gasteiger partial charge on any atom is -0.355 e. The number of amides is 1. The van der Waals surface area contributed by atoms with Gasteiger partial charge in [0, 0.05) is 6.54 Å². The molecule has 0 aliphatic carbocycles. The summed E-state index contributed by atoms with van der Waals surface area (Å²) in [5, 5.41) is 6.11. The van der Waals surface area contributed by atoms with Crippen LogP contribution in [0.2, 0.25) is 0 Å². The Morgan fingerprint density at radius 3 is 2.29 bits per heavy atom. The summed E-state index contributed by atoms with van der Waals surface area (Å²) in [7, 11) is 0. The fourth-order valence-corrected chi connectivity index (χ4v) is 1.13. The lowest BCUT2D eigenvalue weighted by Crippen LogP contribution is -2.42. The van der Waals surface area contributed by atoms with Crippen molar-refractivity contribution in [3.8, 4) is 0 Å². The van der Waals surface area contributed by atoms with Crippen LogP contribution in [-0.4, -0.2) is 25.0 Å². The van der Waals surface area contributed by atoms with Crippen molar-refractivity contribution in [2.75, 3.05) is 13.1 Å². The van der Waals surface area contributed by atoms with Crippen LogP contribution >= 0.6 is 0 Å². The van der Waals surface area contributed by atoms with Gasteiger partial charge in [0.1, 0.15) is 0 Å². The number of unbranched alkanes of at least 4 members (excludes halogenated alkanes) is 2. The van der Waals surface area contributed by atoms with Crippen LogP contribution in [0.15, 0.2) is 0 Å². The maximum atomic E-state index is 11.4. The van der Waals surface area contributed by atoms with E-state index < -0.39 is 0 Å². The molecule has 0 aliphatic rings. The Hall–Kier alpha value is -0.570. The van der Waals surface area contributed by atoms with Crippen molar-refractivity contribution in [3.05, 3.63) is 0 Å². The molecule has 0 aromatic rings. The van der Waals surface area contributed by atoms with Crippen LogP contribution < -0.4 is 10.6 Å². The van der Waals surface area contributed by atoms with Gasteiger partial charge in [-0.15, -0.1) is 0 Å². The number of rotatable bonds is 8. The highest BCUT2D eigenvalue weighted by molar-refractivity contribution is 5.81. The first kappa shape index (κ1) is 13.4. The van der Waals surface area contributed by atoms with Crippen molar-refractivity contribution in [3.63, 3.8) is 0 Å². The predicted molar refractivity (Wildman–Crippen MR) is 60.3 cm³/mol. The van der Waals surface area contributed by atoms with Crippen LogP contribution in [0.3, 0.4) is 0 Å². The highest BCUT2D eigenvalue weighted by Gasteiger charge is 2.09. The first-order chi connectivity index (χ1) is 6.72. The van der Waals surface area contributed by atoms with Gasteiger partial charge >= 0.3 is 0 Å². The molecule has 0 heterocycles. The Kier molecular flexibility index (Phi) is 8.64. The second-order valence-electron chi connectivity index (χ2n) is 3.67. The maximum Gasteiger partial charge on any atom is 0.236 e. The topological polar surface area (TPSA) is 41.1 Å². The Morgan fingerprint density at radius 1 is 1.14 bits per heavy atom. The van der Waals surface area contributed by atoms with E-state index in [4.69, 9.17) is 0 Å². The number of carbonyl (C=O) groups is 1. The van der Waals surface area contributed by atoms with Crippen molar-refractivity contribution in [1.82, 2.24) is 10.6 Å². The highest BCUT2D eigenvalue weighted by Crippen LogP contribution is 1.88. The summed E-state index contributed by atoms with van der Waals surface area (Å²) in [6, 6.07) is -0.0570. The molecule has 1 atom stereocenters. The molecule has 84 valence electrons. The zero-order valence-corrected chi connectivity index (χ0v) is 9.73. The summed E-state index contributed by atoms with van der Waals surface area (Å²) in [4.78, 5) is 11.4. The van der Waals surface area contributed by atoms with Gasteiger partial charge in [0.15, 0.2) is 0 Å². The van der Waals surface area contributed by atoms with E-state index in [0.29, 0.717) is 0 Å². The zero-order valence-electron chi connectivity index (χ0n) is 9.73. The third kappa shape index (κ3) is 6.89. The van der Waals surface area contributed by atoms with E-state index in [2.05, 4.69) is 24.5 Å². The molecule has 0 aliphatic heterocycles. The third-order valence-electron chi connectivity index (χ3n) is 2.20. The van der Waals surface area contributed by atoms with Crippen LogP contribution in [0.1, 0.15) is 46.5 Å². The minimum absolute atomic E-state index is 0.0570. The first-order valence-electron chi connectivity index (χ1n) is 5.73. The van der Waals surface area contributed by atoms with Crippen LogP contribution in [0, 0.1) is 0 Å². The zero-order chi connectivity index (χ0) is 10.8. The Labute approximate surface area is 87.6 Å². The number of hydrogen-bond donors (Lipinski definition) is 2. The van der Waals surface area contributed by atoms with E-state index >= 15 is 0 Å². The summed E-state index contributed by atoms with van der Waals surface area (Å²) >= 11 is 0. The van der Waals surface area contributed by atoms with E-state index in [1.54, 1.807) is 0 Å². The molecule has 3 heteroatoms. The lowest BCUT2D eigenvalue weighted by atomic mass is 10.2. The third-order valence-corrected chi connectivity index (χ3v) is 2.20. The molecular weight excluding hydrogens is 176 g/mol. The fourth-order valence-electron chi connectivity index (χ4n) is 1.13. The predicted octanol–water partition coefficient (Wildman–Crippen LogP) is 1.68. The van der Waals surface area contributed by atoms with Gasteiger partial charge in [0.05, 0.1) is 6.04 Å². The normalized spacial score (nSPS) is 12.5. The van der Waals surface area contributed by atoms with Gasteiger partial charge < -0.3 is 10.6 Å². The van der Waals surface area contributed by atoms with E-state index in [9.17, 15) is 4.79 Å². The molecule has 1 amide bonds. The van der Waals surface area contributed by atoms with Crippen molar-refractivity contribution in [2.45, 2.75) is 52.5 Å². The molecule has 0 saturated carbocycles. The minimum atomic E-state index is -0.0570. The van der Waals surface area contributed by atoms with Gasteiger partial charge in [0.2, 0.25) is 5.91 Å².